The lowest BCUT2D eigenvalue weighted by atomic mass is 9.86. The number of hydrogen-bond donors (Lipinski definition) is 3. The maximum Gasteiger partial charge on any atom is 0.242 e. The minimum Gasteiger partial charge on any atom is -0.420 e. The Labute approximate surface area is 158 Å². The Hall–Kier alpha value is -2.46. The minimum atomic E-state index is -0.652. The minimum absolute atomic E-state index is 0.217. The molecule has 0 aliphatic carbocycles. The SMILES string of the molecule is COCc1nnc([C@@H](NC(=O)[C@@H](N)CCCn2ccnc2N)C(C)(C)C)o1. The van der Waals surface area contributed by atoms with E-state index in [1.165, 1.54) is 0 Å². The van der Waals surface area contributed by atoms with Crippen molar-refractivity contribution in [3.05, 3.63) is 24.2 Å². The maximum atomic E-state index is 12.6. The third-order valence-electron chi connectivity index (χ3n) is 4.15. The fourth-order valence-electron chi connectivity index (χ4n) is 2.61. The standard InChI is InChI=1S/C17H29N7O3/c1-17(2,3)13(15-23-22-12(27-15)10-26-4)21-14(25)11(18)6-5-8-24-9-7-20-16(24)19/h7,9,11,13H,5-6,8,10,18H2,1-4H3,(H2,19,20)(H,21,25)/t11-,13+/m0/s1. The molecular weight excluding hydrogens is 350 g/mol. The Bertz CT molecular complexity index is 735. The Morgan fingerprint density at radius 3 is 2.74 bits per heavy atom. The number of methoxy groups -OCH3 is 1. The number of rotatable bonds is 9. The van der Waals surface area contributed by atoms with Gasteiger partial charge in [-0.3, -0.25) is 4.79 Å². The van der Waals surface area contributed by atoms with Gasteiger partial charge >= 0.3 is 0 Å². The second kappa shape index (κ2) is 8.96. The van der Waals surface area contributed by atoms with Gasteiger partial charge in [-0.15, -0.1) is 10.2 Å². The molecule has 0 radical (unpaired) electrons. The molecule has 2 aromatic heterocycles. The third kappa shape index (κ3) is 5.76. The summed E-state index contributed by atoms with van der Waals surface area (Å²) in [5.41, 5.74) is 11.5. The van der Waals surface area contributed by atoms with Crippen LogP contribution in [-0.2, 0) is 22.7 Å². The average Bonchev–Trinajstić information content (AvgIpc) is 3.21. The van der Waals surface area contributed by atoms with Gasteiger partial charge in [0.15, 0.2) is 5.95 Å². The van der Waals surface area contributed by atoms with E-state index < -0.39 is 12.1 Å². The smallest absolute Gasteiger partial charge is 0.242 e. The number of ether oxygens (including phenoxy) is 1. The van der Waals surface area contributed by atoms with Crippen molar-refractivity contribution in [2.45, 2.75) is 58.8 Å². The molecule has 10 nitrogen and oxygen atoms in total. The lowest BCUT2D eigenvalue weighted by Gasteiger charge is -2.29. The van der Waals surface area contributed by atoms with Gasteiger partial charge in [0.2, 0.25) is 17.7 Å². The van der Waals surface area contributed by atoms with E-state index in [9.17, 15) is 4.79 Å². The highest BCUT2D eigenvalue weighted by molar-refractivity contribution is 5.81. The molecule has 2 heterocycles. The number of hydrogen-bond acceptors (Lipinski definition) is 8. The molecule has 10 heteroatoms. The molecular formula is C17H29N7O3. The van der Waals surface area contributed by atoms with Crippen LogP contribution in [0.4, 0.5) is 5.95 Å². The molecule has 0 saturated heterocycles. The van der Waals surface area contributed by atoms with Crippen molar-refractivity contribution in [1.82, 2.24) is 25.1 Å². The Kier molecular flexibility index (Phi) is 6.92. The second-order valence-corrected chi connectivity index (χ2v) is 7.50. The summed E-state index contributed by atoms with van der Waals surface area (Å²) in [7, 11) is 1.54. The van der Waals surface area contributed by atoms with E-state index in [0.717, 1.165) is 0 Å². The van der Waals surface area contributed by atoms with E-state index in [1.54, 1.807) is 19.5 Å². The zero-order chi connectivity index (χ0) is 20.0. The molecule has 0 fully saturated rings. The van der Waals surface area contributed by atoms with E-state index in [0.29, 0.717) is 37.1 Å². The molecule has 27 heavy (non-hydrogen) atoms. The van der Waals surface area contributed by atoms with Crippen LogP contribution >= 0.6 is 0 Å². The lowest BCUT2D eigenvalue weighted by molar-refractivity contribution is -0.124. The summed E-state index contributed by atoms with van der Waals surface area (Å²) in [6, 6.07) is -1.11. The number of nitrogens with zero attached hydrogens (tertiary/aromatic N) is 4. The van der Waals surface area contributed by atoms with Crippen LogP contribution < -0.4 is 16.8 Å². The average molecular weight is 379 g/mol. The van der Waals surface area contributed by atoms with E-state index in [1.807, 2.05) is 25.3 Å². The first kappa shape index (κ1) is 20.8. The van der Waals surface area contributed by atoms with Gasteiger partial charge in [-0.05, 0) is 18.3 Å². The van der Waals surface area contributed by atoms with Crippen molar-refractivity contribution < 1.29 is 13.9 Å². The summed E-state index contributed by atoms with van der Waals surface area (Å²) in [4.78, 5) is 16.5. The molecule has 1 amide bonds. The van der Waals surface area contributed by atoms with E-state index in [-0.39, 0.29) is 17.9 Å². The third-order valence-corrected chi connectivity index (χ3v) is 4.15. The fourth-order valence-corrected chi connectivity index (χ4v) is 2.61. The normalized spacial score (nSPS) is 14.1. The number of anilines is 1. The van der Waals surface area contributed by atoms with Crippen molar-refractivity contribution in [2.75, 3.05) is 12.8 Å². The number of imidazole rings is 1. The molecule has 2 aromatic rings. The van der Waals surface area contributed by atoms with Crippen molar-refractivity contribution in [3.63, 3.8) is 0 Å². The van der Waals surface area contributed by atoms with Crippen LogP contribution in [0, 0.1) is 5.41 Å². The van der Waals surface area contributed by atoms with Gasteiger partial charge in [0.1, 0.15) is 12.6 Å². The topological polar surface area (TPSA) is 147 Å². The zero-order valence-electron chi connectivity index (χ0n) is 16.3. The van der Waals surface area contributed by atoms with Gasteiger partial charge in [-0.1, -0.05) is 20.8 Å². The monoisotopic (exact) mass is 379 g/mol. The Balaban J connectivity index is 1.94. The van der Waals surface area contributed by atoms with Gasteiger partial charge in [-0.2, -0.15) is 0 Å². The van der Waals surface area contributed by atoms with Crippen LogP contribution in [0.2, 0.25) is 0 Å². The molecule has 0 aliphatic rings. The number of carbonyl (C=O) groups is 1. The number of aryl methyl sites for hydroxylation is 1. The van der Waals surface area contributed by atoms with Crippen molar-refractivity contribution >= 4 is 11.9 Å². The molecule has 150 valence electrons. The number of aromatic nitrogens is 4. The molecule has 0 aromatic carbocycles. The molecule has 2 rings (SSSR count). The van der Waals surface area contributed by atoms with Gasteiger partial charge in [0, 0.05) is 26.0 Å². The van der Waals surface area contributed by atoms with Gasteiger partial charge in [0.05, 0.1) is 6.04 Å². The highest BCUT2D eigenvalue weighted by Crippen LogP contribution is 2.32. The Morgan fingerprint density at radius 2 is 2.15 bits per heavy atom. The molecule has 2 atom stereocenters. The molecule has 0 unspecified atom stereocenters. The summed E-state index contributed by atoms with van der Waals surface area (Å²) in [5, 5.41) is 10.9. The zero-order valence-corrected chi connectivity index (χ0v) is 16.3. The molecule has 5 N–H and O–H groups in total. The second-order valence-electron chi connectivity index (χ2n) is 7.50. The van der Waals surface area contributed by atoms with Crippen LogP contribution in [0.1, 0.15) is 51.4 Å². The Morgan fingerprint density at radius 1 is 1.41 bits per heavy atom. The number of nitrogens with two attached hydrogens (primary N) is 2. The highest BCUT2D eigenvalue weighted by Gasteiger charge is 2.33. The number of carbonyl (C=O) groups excluding carboxylic acids is 1. The van der Waals surface area contributed by atoms with Crippen molar-refractivity contribution in [2.24, 2.45) is 11.1 Å². The molecule has 0 spiro atoms. The number of nitrogens with one attached hydrogen (secondary N) is 1. The van der Waals surface area contributed by atoms with Crippen LogP contribution in [0.15, 0.2) is 16.8 Å². The lowest BCUT2D eigenvalue weighted by Crippen LogP contribution is -2.45. The molecule has 0 aliphatic heterocycles. The predicted molar refractivity (Wildman–Crippen MR) is 99.2 cm³/mol. The van der Waals surface area contributed by atoms with Gasteiger partial charge in [0.25, 0.3) is 0 Å². The molecule has 0 saturated carbocycles. The summed E-state index contributed by atoms with van der Waals surface area (Å²) < 4.78 is 12.4. The first-order valence-electron chi connectivity index (χ1n) is 8.86. The van der Waals surface area contributed by atoms with Crippen LogP contribution in [-0.4, -0.2) is 38.8 Å². The number of nitrogen functional groups attached to an aromatic ring is 1. The summed E-state index contributed by atoms with van der Waals surface area (Å²) in [6.07, 6.45) is 4.65. The van der Waals surface area contributed by atoms with Gasteiger partial charge < -0.3 is 30.5 Å². The summed E-state index contributed by atoms with van der Waals surface area (Å²) >= 11 is 0. The van der Waals surface area contributed by atoms with Crippen LogP contribution in [0.25, 0.3) is 0 Å². The van der Waals surface area contributed by atoms with E-state index in [4.69, 9.17) is 20.6 Å². The van der Waals surface area contributed by atoms with Gasteiger partial charge in [-0.25, -0.2) is 4.98 Å². The van der Waals surface area contributed by atoms with Crippen molar-refractivity contribution in [1.29, 1.82) is 0 Å². The quantitative estimate of drug-likeness (QED) is 0.584. The number of amides is 1. The largest absolute Gasteiger partial charge is 0.420 e. The van der Waals surface area contributed by atoms with Crippen LogP contribution in [0.5, 0.6) is 0 Å². The van der Waals surface area contributed by atoms with Crippen LogP contribution in [0.3, 0.4) is 0 Å². The maximum absolute atomic E-state index is 12.6. The first-order valence-corrected chi connectivity index (χ1v) is 8.86. The van der Waals surface area contributed by atoms with E-state index >= 15 is 0 Å². The van der Waals surface area contributed by atoms with E-state index in [2.05, 4.69) is 20.5 Å². The van der Waals surface area contributed by atoms with Crippen molar-refractivity contribution in [3.8, 4) is 0 Å². The predicted octanol–water partition coefficient (Wildman–Crippen LogP) is 1.01. The summed E-state index contributed by atoms with van der Waals surface area (Å²) in [6.45, 7) is 6.80. The highest BCUT2D eigenvalue weighted by atomic mass is 16.5. The fraction of sp³-hybridized carbons (Fsp3) is 0.647. The molecule has 0 bridgehead atoms. The summed E-state index contributed by atoms with van der Waals surface area (Å²) in [5.74, 6) is 0.878. The first-order chi connectivity index (χ1) is 12.7.